The van der Waals surface area contributed by atoms with E-state index >= 15 is 0 Å². The van der Waals surface area contributed by atoms with Crippen LogP contribution in [-0.2, 0) is 33.2 Å². The van der Waals surface area contributed by atoms with E-state index in [0.717, 1.165) is 5.57 Å². The van der Waals surface area contributed by atoms with Gasteiger partial charge in [-0.25, -0.2) is 0 Å². The van der Waals surface area contributed by atoms with Gasteiger partial charge in [-0.3, -0.25) is 4.79 Å². The number of ether oxygens (including phenoxy) is 10. The Hall–Kier alpha value is -2.45. The van der Waals surface area contributed by atoms with E-state index in [1.807, 2.05) is 6.08 Å². The van der Waals surface area contributed by atoms with Crippen LogP contribution < -0.4 is 19.5 Å². The van der Waals surface area contributed by atoms with Crippen LogP contribution >= 0.6 is 0 Å². The molecular formula is C22H29NO11. The van der Waals surface area contributed by atoms with Gasteiger partial charge in [0.25, 0.3) is 5.91 Å². The maximum Gasteiger partial charge on any atom is 0.256 e. The summed E-state index contributed by atoms with van der Waals surface area (Å²) in [6.07, 6.45) is -0.00113. The number of rotatable bonds is 12. The van der Waals surface area contributed by atoms with E-state index in [1.54, 1.807) is 6.07 Å². The molecule has 1 N–H and O–H groups in total. The van der Waals surface area contributed by atoms with Gasteiger partial charge >= 0.3 is 0 Å². The highest BCUT2D eigenvalue weighted by Crippen LogP contribution is 2.49. The third-order valence-corrected chi connectivity index (χ3v) is 5.56. The fourth-order valence-electron chi connectivity index (χ4n) is 4.24. The van der Waals surface area contributed by atoms with Gasteiger partial charge in [-0.15, -0.1) is 0 Å². The average Bonchev–Trinajstić information content (AvgIpc) is 3.32. The lowest BCUT2D eigenvalue weighted by Gasteiger charge is -2.43. The zero-order valence-electron chi connectivity index (χ0n) is 19.5. The number of hydrogen-bond acceptors (Lipinski definition) is 11. The Labute approximate surface area is 196 Å². The molecule has 3 aliphatic rings. The maximum atomic E-state index is 13.4. The topological polar surface area (TPSA) is 121 Å². The SMILES string of the molecule is COCOc1c2c(cc3c1C(=O)N[C@H]1C3=C[C@@H](OCOC)[C@H](OCOC)[C@@H]1OCOC)OCO2. The second-order valence-corrected chi connectivity index (χ2v) is 7.60. The minimum atomic E-state index is -0.664. The van der Waals surface area contributed by atoms with Crippen LogP contribution in [0.1, 0.15) is 15.9 Å². The van der Waals surface area contributed by atoms with Gasteiger partial charge in [0, 0.05) is 34.0 Å². The summed E-state index contributed by atoms with van der Waals surface area (Å²) in [4.78, 5) is 13.4. The molecule has 12 nitrogen and oxygen atoms in total. The molecule has 0 saturated heterocycles. The molecule has 1 aromatic carbocycles. The number of hydrogen-bond donors (Lipinski definition) is 1. The summed E-state index contributed by atoms with van der Waals surface area (Å²) in [5.74, 6) is 0.682. The minimum Gasteiger partial charge on any atom is -0.463 e. The van der Waals surface area contributed by atoms with Crippen LogP contribution in [0.5, 0.6) is 17.2 Å². The Kier molecular flexibility index (Phi) is 8.21. The molecule has 0 unspecified atom stereocenters. The van der Waals surface area contributed by atoms with Gasteiger partial charge in [-0.05, 0) is 17.7 Å². The van der Waals surface area contributed by atoms with E-state index in [1.165, 1.54) is 28.4 Å². The van der Waals surface area contributed by atoms with Crippen LogP contribution in [0.2, 0.25) is 0 Å². The Morgan fingerprint density at radius 1 is 0.912 bits per heavy atom. The van der Waals surface area contributed by atoms with E-state index < -0.39 is 24.4 Å². The zero-order chi connectivity index (χ0) is 24.1. The summed E-state index contributed by atoms with van der Waals surface area (Å²) in [5, 5.41) is 3.01. The molecule has 1 aliphatic carbocycles. The molecule has 0 fully saturated rings. The van der Waals surface area contributed by atoms with Crippen molar-refractivity contribution in [2.75, 3.05) is 62.4 Å². The number of carbonyl (C=O) groups is 1. The van der Waals surface area contributed by atoms with Crippen molar-refractivity contribution >= 4 is 11.5 Å². The molecule has 4 atom stereocenters. The summed E-state index contributed by atoms with van der Waals surface area (Å²) in [7, 11) is 6.04. The third-order valence-electron chi connectivity index (χ3n) is 5.56. The Morgan fingerprint density at radius 3 is 2.29 bits per heavy atom. The molecule has 0 bridgehead atoms. The summed E-state index contributed by atoms with van der Waals surface area (Å²) in [6, 6.07) is 1.18. The normalized spacial score (nSPS) is 24.8. The fourth-order valence-corrected chi connectivity index (χ4v) is 4.24. The first kappa shape index (κ1) is 24.7. The van der Waals surface area contributed by atoms with Crippen molar-refractivity contribution in [3.8, 4) is 17.2 Å². The van der Waals surface area contributed by atoms with Gasteiger partial charge in [0.2, 0.25) is 12.5 Å². The third kappa shape index (κ3) is 4.70. The lowest BCUT2D eigenvalue weighted by Crippen LogP contribution is -2.59. The smallest absolute Gasteiger partial charge is 0.256 e. The summed E-state index contributed by atoms with van der Waals surface area (Å²) < 4.78 is 55.1. The molecule has 2 aliphatic heterocycles. The molecule has 0 aromatic heterocycles. The molecule has 1 amide bonds. The van der Waals surface area contributed by atoms with Crippen LogP contribution in [0.25, 0.3) is 5.57 Å². The molecule has 0 spiro atoms. The van der Waals surface area contributed by atoms with Crippen LogP contribution in [0.3, 0.4) is 0 Å². The van der Waals surface area contributed by atoms with Gasteiger partial charge in [0.1, 0.15) is 38.7 Å². The van der Waals surface area contributed by atoms with Crippen molar-refractivity contribution < 1.29 is 52.2 Å². The van der Waals surface area contributed by atoms with Gasteiger partial charge in [-0.2, -0.15) is 0 Å². The van der Waals surface area contributed by atoms with Crippen molar-refractivity contribution in [1.29, 1.82) is 0 Å². The number of benzene rings is 1. The molecule has 0 radical (unpaired) electrons. The quantitative estimate of drug-likeness (QED) is 0.426. The molecule has 12 heteroatoms. The van der Waals surface area contributed by atoms with Crippen molar-refractivity contribution in [1.82, 2.24) is 5.32 Å². The number of amides is 1. The molecule has 4 rings (SSSR count). The monoisotopic (exact) mass is 483 g/mol. The number of fused-ring (bicyclic) bond motifs is 4. The van der Waals surface area contributed by atoms with Crippen LogP contribution in [-0.4, -0.2) is 92.7 Å². The van der Waals surface area contributed by atoms with E-state index in [4.69, 9.17) is 47.4 Å². The first-order valence-corrected chi connectivity index (χ1v) is 10.6. The first-order chi connectivity index (χ1) is 16.6. The Morgan fingerprint density at radius 2 is 1.59 bits per heavy atom. The number of methoxy groups -OCH3 is 4. The van der Waals surface area contributed by atoms with Crippen molar-refractivity contribution in [3.05, 3.63) is 23.3 Å². The van der Waals surface area contributed by atoms with Crippen molar-refractivity contribution in [2.24, 2.45) is 0 Å². The van der Waals surface area contributed by atoms with Crippen molar-refractivity contribution in [2.45, 2.75) is 24.4 Å². The lowest BCUT2D eigenvalue weighted by atomic mass is 9.79. The van der Waals surface area contributed by atoms with E-state index in [9.17, 15) is 4.79 Å². The lowest BCUT2D eigenvalue weighted by molar-refractivity contribution is -0.202. The first-order valence-electron chi connectivity index (χ1n) is 10.6. The highest BCUT2D eigenvalue weighted by Gasteiger charge is 2.48. The highest BCUT2D eigenvalue weighted by molar-refractivity contribution is 6.07. The average molecular weight is 483 g/mol. The van der Waals surface area contributed by atoms with Crippen molar-refractivity contribution in [3.63, 3.8) is 0 Å². The molecule has 34 heavy (non-hydrogen) atoms. The summed E-state index contributed by atoms with van der Waals surface area (Å²) in [6.45, 7) is -0.0693. The van der Waals surface area contributed by atoms with Gasteiger partial charge in [0.05, 0.1) is 11.6 Å². The second-order valence-electron chi connectivity index (χ2n) is 7.60. The Balaban J connectivity index is 1.82. The van der Waals surface area contributed by atoms with E-state index in [2.05, 4.69) is 5.32 Å². The molecule has 188 valence electrons. The summed E-state index contributed by atoms with van der Waals surface area (Å²) in [5.41, 5.74) is 1.65. The van der Waals surface area contributed by atoms with Crippen LogP contribution in [0, 0.1) is 0 Å². The predicted molar refractivity (Wildman–Crippen MR) is 115 cm³/mol. The zero-order valence-corrected chi connectivity index (χ0v) is 19.5. The molecule has 0 saturated carbocycles. The maximum absolute atomic E-state index is 13.4. The summed E-state index contributed by atoms with van der Waals surface area (Å²) >= 11 is 0. The second kappa shape index (κ2) is 11.3. The van der Waals surface area contributed by atoms with Gasteiger partial charge in [0.15, 0.2) is 18.3 Å². The predicted octanol–water partition coefficient (Wildman–Crippen LogP) is 0.874. The highest BCUT2D eigenvalue weighted by atomic mass is 16.7. The minimum absolute atomic E-state index is 0.00152. The molecular weight excluding hydrogens is 454 g/mol. The van der Waals surface area contributed by atoms with Crippen LogP contribution in [0.15, 0.2) is 12.1 Å². The Bertz CT molecular complexity index is 905. The van der Waals surface area contributed by atoms with E-state index in [-0.39, 0.29) is 45.6 Å². The van der Waals surface area contributed by atoms with E-state index in [0.29, 0.717) is 22.6 Å². The van der Waals surface area contributed by atoms with Gasteiger partial charge in [-0.1, -0.05) is 0 Å². The molecule has 1 aromatic rings. The number of carbonyl (C=O) groups excluding carboxylic acids is 1. The van der Waals surface area contributed by atoms with Gasteiger partial charge < -0.3 is 52.7 Å². The fraction of sp³-hybridized carbons (Fsp3) is 0.591. The number of nitrogens with one attached hydrogen (secondary N) is 1. The molecule has 2 heterocycles. The largest absolute Gasteiger partial charge is 0.463 e. The standard InChI is InChI=1S/C22H29NO11/c1-25-7-29-15-6-13-12-5-14-18(34-11-30-14)20(32-9-27-3)16(12)22(24)23-17(13)21(33-10-28-4)19(15)31-8-26-2/h5-6,15,17,19,21H,7-11H2,1-4H3,(H,23,24)/t15-,17+,19+,21-/m1/s1. The van der Waals surface area contributed by atoms with Crippen LogP contribution in [0.4, 0.5) is 0 Å².